The van der Waals surface area contributed by atoms with Crippen LogP contribution in [-0.2, 0) is 4.79 Å². The Kier molecular flexibility index (Phi) is 4.21. The van der Waals surface area contributed by atoms with E-state index in [1.807, 2.05) is 0 Å². The van der Waals surface area contributed by atoms with Gasteiger partial charge < -0.3 is 5.32 Å². The molecule has 1 aromatic heterocycles. The molecule has 1 amide bonds. The molecule has 0 aromatic carbocycles. The van der Waals surface area contributed by atoms with E-state index in [1.54, 1.807) is 13.8 Å². The van der Waals surface area contributed by atoms with Crippen LogP contribution in [0, 0.1) is 24.7 Å². The van der Waals surface area contributed by atoms with E-state index in [1.165, 1.54) is 23.9 Å². The molecule has 0 saturated heterocycles. The smallest absolute Gasteiger partial charge is 0.283 e. The molecule has 4 aliphatic rings. The summed E-state index contributed by atoms with van der Waals surface area (Å²) in [6, 6.07) is -0.600. The molecule has 1 unspecified atom stereocenters. The molecule has 1 heterocycles. The van der Waals surface area contributed by atoms with E-state index >= 15 is 0 Å². The first kappa shape index (κ1) is 17.4. The Labute approximate surface area is 154 Å². The van der Waals surface area contributed by atoms with Gasteiger partial charge in [0.25, 0.3) is 6.43 Å². The predicted octanol–water partition coefficient (Wildman–Crippen LogP) is 4.54. The van der Waals surface area contributed by atoms with E-state index in [2.05, 4.69) is 26.3 Å². The molecule has 1 aromatic rings. The highest BCUT2D eigenvalue weighted by molar-refractivity contribution is 9.10. The zero-order valence-corrected chi connectivity index (χ0v) is 16.2. The number of carbonyl (C=O) groups is 1. The Morgan fingerprint density at radius 1 is 1.24 bits per heavy atom. The third-order valence-corrected chi connectivity index (χ3v) is 7.46. The average molecular weight is 416 g/mol. The third-order valence-electron chi connectivity index (χ3n) is 6.48. The van der Waals surface area contributed by atoms with Crippen LogP contribution in [0.5, 0.6) is 0 Å². The summed E-state index contributed by atoms with van der Waals surface area (Å²) in [4.78, 5) is 12.9. The van der Waals surface area contributed by atoms with Crippen molar-refractivity contribution in [3.63, 3.8) is 0 Å². The number of nitrogens with one attached hydrogen (secondary N) is 1. The van der Waals surface area contributed by atoms with Crippen LogP contribution in [0.1, 0.15) is 69.3 Å². The Morgan fingerprint density at radius 2 is 1.76 bits per heavy atom. The molecule has 7 heteroatoms. The number of amides is 1. The summed E-state index contributed by atoms with van der Waals surface area (Å²) < 4.78 is 27.8. The second kappa shape index (κ2) is 6.03. The summed E-state index contributed by atoms with van der Waals surface area (Å²) in [5, 5.41) is 7.29. The van der Waals surface area contributed by atoms with Crippen molar-refractivity contribution in [2.75, 3.05) is 0 Å². The number of carbonyl (C=O) groups excluding carboxylic acids is 1. The molecule has 0 aliphatic heterocycles. The van der Waals surface area contributed by atoms with Gasteiger partial charge in [-0.1, -0.05) is 0 Å². The van der Waals surface area contributed by atoms with Crippen LogP contribution >= 0.6 is 15.9 Å². The molecule has 4 saturated carbocycles. The van der Waals surface area contributed by atoms with Crippen molar-refractivity contribution in [2.45, 2.75) is 70.4 Å². The zero-order chi connectivity index (χ0) is 17.9. The summed E-state index contributed by atoms with van der Waals surface area (Å²) in [5.41, 5.74) is 0.180. The van der Waals surface area contributed by atoms with Crippen LogP contribution in [0.3, 0.4) is 0 Å². The zero-order valence-electron chi connectivity index (χ0n) is 14.6. The Bertz CT molecular complexity index is 667. The van der Waals surface area contributed by atoms with E-state index in [0.717, 1.165) is 37.0 Å². The molecule has 0 spiro atoms. The lowest BCUT2D eigenvalue weighted by Gasteiger charge is -2.57. The van der Waals surface area contributed by atoms with Crippen molar-refractivity contribution in [3.05, 3.63) is 15.9 Å². The van der Waals surface area contributed by atoms with Crippen LogP contribution in [0.15, 0.2) is 4.47 Å². The summed E-state index contributed by atoms with van der Waals surface area (Å²) in [7, 11) is 0. The fourth-order valence-corrected chi connectivity index (χ4v) is 6.21. The molecule has 1 atom stereocenters. The lowest BCUT2D eigenvalue weighted by Crippen LogP contribution is -2.60. The number of hydrogen-bond donors (Lipinski definition) is 1. The van der Waals surface area contributed by atoms with Crippen LogP contribution in [0.4, 0.5) is 8.78 Å². The maximum Gasteiger partial charge on any atom is 0.283 e. The van der Waals surface area contributed by atoms with Crippen molar-refractivity contribution < 1.29 is 13.6 Å². The van der Waals surface area contributed by atoms with E-state index in [4.69, 9.17) is 0 Å². The minimum Gasteiger partial charge on any atom is -0.349 e. The number of halogens is 3. The Morgan fingerprint density at radius 3 is 2.20 bits per heavy atom. The van der Waals surface area contributed by atoms with Gasteiger partial charge in [0.2, 0.25) is 5.91 Å². The van der Waals surface area contributed by atoms with Gasteiger partial charge in [-0.2, -0.15) is 5.10 Å². The van der Waals surface area contributed by atoms with Crippen LogP contribution in [0.2, 0.25) is 0 Å². The van der Waals surface area contributed by atoms with Crippen molar-refractivity contribution in [1.29, 1.82) is 0 Å². The molecule has 4 nitrogen and oxygen atoms in total. The van der Waals surface area contributed by atoms with Crippen molar-refractivity contribution in [3.8, 4) is 0 Å². The summed E-state index contributed by atoms with van der Waals surface area (Å²) in [5.74, 6) is 2.12. The monoisotopic (exact) mass is 415 g/mol. The quantitative estimate of drug-likeness (QED) is 0.784. The summed E-state index contributed by atoms with van der Waals surface area (Å²) in [6.07, 6.45) is 4.49. The van der Waals surface area contributed by atoms with E-state index in [0.29, 0.717) is 5.69 Å². The summed E-state index contributed by atoms with van der Waals surface area (Å²) >= 11 is 3.18. The first-order chi connectivity index (χ1) is 11.8. The molecule has 1 N–H and O–H groups in total. The SMILES string of the molecule is Cc1c(Br)c(C(F)F)nn1C(C)C(=O)NC12CC3CC(CC(C3)C1)C2. The highest BCUT2D eigenvalue weighted by Crippen LogP contribution is 2.55. The second-order valence-corrected chi connectivity index (χ2v) is 9.19. The Hall–Kier alpha value is -0.980. The molecule has 4 aliphatic carbocycles. The van der Waals surface area contributed by atoms with E-state index < -0.39 is 12.5 Å². The van der Waals surface area contributed by atoms with Gasteiger partial charge in [0.05, 0.1) is 10.2 Å². The highest BCUT2D eigenvalue weighted by Gasteiger charge is 2.51. The first-order valence-electron chi connectivity index (χ1n) is 9.12. The topological polar surface area (TPSA) is 46.9 Å². The van der Waals surface area contributed by atoms with Gasteiger partial charge in [0, 0.05) is 5.54 Å². The minimum absolute atomic E-state index is 0.0794. The van der Waals surface area contributed by atoms with Crippen LogP contribution in [0.25, 0.3) is 0 Å². The third kappa shape index (κ3) is 2.92. The largest absolute Gasteiger partial charge is 0.349 e. The van der Waals surface area contributed by atoms with Gasteiger partial charge in [0.15, 0.2) is 0 Å². The van der Waals surface area contributed by atoms with Crippen LogP contribution < -0.4 is 5.32 Å². The van der Waals surface area contributed by atoms with Gasteiger partial charge in [-0.3, -0.25) is 9.48 Å². The molecule has 0 radical (unpaired) electrons. The number of aromatic nitrogens is 2. The first-order valence-corrected chi connectivity index (χ1v) is 9.92. The number of alkyl halides is 2. The van der Waals surface area contributed by atoms with Gasteiger partial charge in [-0.25, -0.2) is 8.78 Å². The predicted molar refractivity (Wildman–Crippen MR) is 93.4 cm³/mol. The van der Waals surface area contributed by atoms with E-state index in [9.17, 15) is 13.6 Å². The van der Waals surface area contributed by atoms with Crippen molar-refractivity contribution in [1.82, 2.24) is 15.1 Å². The molecule has 138 valence electrons. The molecule has 4 bridgehead atoms. The van der Waals surface area contributed by atoms with Gasteiger partial charge in [-0.05, 0) is 86.1 Å². The highest BCUT2D eigenvalue weighted by atomic mass is 79.9. The standard InChI is InChI=1S/C18H24BrF2N3O/c1-9-14(19)15(16(20)21)23-24(9)10(2)17(25)22-18-6-11-3-12(7-18)5-13(4-11)8-18/h10-13,16H,3-8H2,1-2H3,(H,22,25). The average Bonchev–Trinajstić information content (AvgIpc) is 2.81. The van der Waals surface area contributed by atoms with E-state index in [-0.39, 0.29) is 21.6 Å². The number of hydrogen-bond acceptors (Lipinski definition) is 2. The Balaban J connectivity index is 1.53. The molecule has 5 rings (SSSR count). The maximum absolute atomic E-state index is 13.1. The summed E-state index contributed by atoms with van der Waals surface area (Å²) in [6.45, 7) is 3.44. The van der Waals surface area contributed by atoms with Gasteiger partial charge in [0.1, 0.15) is 11.7 Å². The van der Waals surface area contributed by atoms with Crippen LogP contribution in [-0.4, -0.2) is 21.2 Å². The van der Waals surface area contributed by atoms with Crippen molar-refractivity contribution >= 4 is 21.8 Å². The lowest BCUT2D eigenvalue weighted by molar-refractivity contribution is -0.130. The lowest BCUT2D eigenvalue weighted by atomic mass is 9.53. The molecular weight excluding hydrogens is 392 g/mol. The number of nitrogens with zero attached hydrogens (tertiary/aromatic N) is 2. The molecular formula is C18H24BrF2N3O. The van der Waals surface area contributed by atoms with Crippen molar-refractivity contribution in [2.24, 2.45) is 17.8 Å². The normalized spacial score (nSPS) is 34.6. The fraction of sp³-hybridized carbons (Fsp3) is 0.778. The molecule has 25 heavy (non-hydrogen) atoms. The maximum atomic E-state index is 13.1. The van der Waals surface area contributed by atoms with Gasteiger partial charge >= 0.3 is 0 Å². The minimum atomic E-state index is -2.66. The molecule has 4 fully saturated rings. The number of rotatable bonds is 4. The van der Waals surface area contributed by atoms with Gasteiger partial charge in [-0.15, -0.1) is 0 Å². The second-order valence-electron chi connectivity index (χ2n) is 8.39. The fourth-order valence-electron chi connectivity index (χ4n) is 5.78.